The molecule has 0 unspecified atom stereocenters. The number of unbranched alkanes of at least 4 members (excludes halogenated alkanes) is 18. The average molecular weight is 536 g/mol. The van der Waals surface area contributed by atoms with Gasteiger partial charge < -0.3 is 19.9 Å². The van der Waals surface area contributed by atoms with Crippen LogP contribution in [0.1, 0.15) is 142 Å². The predicted octanol–water partition coefficient (Wildman–Crippen LogP) is 6.87. The molecule has 2 rings (SSSR count). The van der Waals surface area contributed by atoms with Crippen molar-refractivity contribution in [2.75, 3.05) is 18.5 Å². The second-order valence-electron chi connectivity index (χ2n) is 10.7. The zero-order valence-electron chi connectivity index (χ0n) is 23.8. The molecule has 2 atom stereocenters. The highest BCUT2D eigenvalue weighted by Gasteiger charge is 2.27. The third-order valence-electron chi connectivity index (χ3n) is 7.30. The van der Waals surface area contributed by atoms with Gasteiger partial charge in [-0.3, -0.25) is 9.36 Å². The SMILES string of the molecule is CCCCCCCCCCCCCCCCCCCCCC(=O)Nc1ccn([C@@H]2CO[C@H](CO)O2)c(=O)n1. The number of anilines is 1. The molecule has 38 heavy (non-hydrogen) atoms. The summed E-state index contributed by atoms with van der Waals surface area (Å²) in [6, 6.07) is 1.57. The van der Waals surface area contributed by atoms with Crippen LogP contribution in [-0.2, 0) is 14.3 Å². The topological polar surface area (TPSA) is 103 Å². The molecule has 0 radical (unpaired) electrons. The number of aromatic nitrogens is 2. The van der Waals surface area contributed by atoms with Gasteiger partial charge in [-0.1, -0.05) is 122 Å². The molecule has 0 spiro atoms. The Bertz CT molecular complexity index is 800. The van der Waals surface area contributed by atoms with E-state index in [0.717, 1.165) is 19.3 Å². The first-order valence-corrected chi connectivity index (χ1v) is 15.4. The van der Waals surface area contributed by atoms with Crippen LogP contribution >= 0.6 is 0 Å². The largest absolute Gasteiger partial charge is 0.391 e. The van der Waals surface area contributed by atoms with E-state index < -0.39 is 18.2 Å². The number of nitrogens with zero attached hydrogens (tertiary/aromatic N) is 2. The van der Waals surface area contributed by atoms with Crippen molar-refractivity contribution in [3.8, 4) is 0 Å². The average Bonchev–Trinajstić information content (AvgIpc) is 3.39. The van der Waals surface area contributed by atoms with E-state index in [1.54, 1.807) is 6.07 Å². The molecule has 0 saturated carbocycles. The van der Waals surface area contributed by atoms with E-state index in [4.69, 9.17) is 14.6 Å². The summed E-state index contributed by atoms with van der Waals surface area (Å²) in [5.74, 6) is 0.120. The minimum Gasteiger partial charge on any atom is -0.391 e. The number of carbonyl (C=O) groups is 1. The number of amides is 1. The van der Waals surface area contributed by atoms with Gasteiger partial charge in [-0.15, -0.1) is 0 Å². The van der Waals surface area contributed by atoms with Gasteiger partial charge in [-0.25, -0.2) is 4.79 Å². The van der Waals surface area contributed by atoms with Crippen LogP contribution < -0.4 is 11.0 Å². The smallest absolute Gasteiger partial charge is 0.351 e. The number of rotatable bonds is 23. The van der Waals surface area contributed by atoms with E-state index in [1.165, 1.54) is 113 Å². The number of hydrogen-bond acceptors (Lipinski definition) is 6. The van der Waals surface area contributed by atoms with Gasteiger partial charge in [-0.2, -0.15) is 4.98 Å². The quantitative estimate of drug-likeness (QED) is 0.148. The molecule has 8 heteroatoms. The summed E-state index contributed by atoms with van der Waals surface area (Å²) >= 11 is 0. The number of aliphatic hydroxyl groups excluding tert-OH is 1. The first kappa shape index (κ1) is 32.4. The molecule has 1 amide bonds. The number of aliphatic hydroxyl groups is 1. The van der Waals surface area contributed by atoms with Crippen molar-refractivity contribution in [3.05, 3.63) is 22.7 Å². The zero-order valence-corrected chi connectivity index (χ0v) is 23.8. The maximum atomic E-state index is 12.2. The van der Waals surface area contributed by atoms with Crippen molar-refractivity contribution in [3.63, 3.8) is 0 Å². The predicted molar refractivity (Wildman–Crippen MR) is 152 cm³/mol. The lowest BCUT2D eigenvalue weighted by Gasteiger charge is -2.12. The number of carbonyl (C=O) groups excluding carboxylic acids is 1. The van der Waals surface area contributed by atoms with Gasteiger partial charge in [0.2, 0.25) is 5.91 Å². The summed E-state index contributed by atoms with van der Waals surface area (Å²) in [5.41, 5.74) is -0.529. The summed E-state index contributed by atoms with van der Waals surface area (Å²) in [4.78, 5) is 28.4. The fraction of sp³-hybridized carbons (Fsp3) is 0.833. The van der Waals surface area contributed by atoms with Crippen molar-refractivity contribution >= 4 is 11.7 Å². The highest BCUT2D eigenvalue weighted by molar-refractivity contribution is 5.89. The molecule has 1 aliphatic heterocycles. The number of ether oxygens (including phenoxy) is 2. The van der Waals surface area contributed by atoms with Crippen molar-refractivity contribution < 1.29 is 19.4 Å². The van der Waals surface area contributed by atoms with Crippen LogP contribution in [0.3, 0.4) is 0 Å². The normalized spacial score (nSPS) is 17.2. The Morgan fingerprint density at radius 3 is 1.84 bits per heavy atom. The van der Waals surface area contributed by atoms with Gasteiger partial charge >= 0.3 is 5.69 Å². The van der Waals surface area contributed by atoms with E-state index in [9.17, 15) is 9.59 Å². The molecule has 0 aliphatic carbocycles. The fourth-order valence-electron chi connectivity index (χ4n) is 4.96. The lowest BCUT2D eigenvalue weighted by Crippen LogP contribution is -2.29. The van der Waals surface area contributed by atoms with E-state index in [2.05, 4.69) is 17.2 Å². The summed E-state index contributed by atoms with van der Waals surface area (Å²) < 4.78 is 11.9. The van der Waals surface area contributed by atoms with Gasteiger partial charge in [0, 0.05) is 12.6 Å². The Kier molecular flexibility index (Phi) is 18.0. The molecule has 1 aromatic heterocycles. The summed E-state index contributed by atoms with van der Waals surface area (Å²) in [5, 5.41) is 11.8. The first-order valence-electron chi connectivity index (χ1n) is 15.4. The minimum absolute atomic E-state index is 0.123. The number of hydrogen-bond donors (Lipinski definition) is 2. The first-order chi connectivity index (χ1) is 18.6. The summed E-state index contributed by atoms with van der Waals surface area (Å²) in [7, 11) is 0. The van der Waals surface area contributed by atoms with Crippen LogP contribution in [0.5, 0.6) is 0 Å². The maximum Gasteiger partial charge on any atom is 0.351 e. The Labute approximate surface area is 229 Å². The van der Waals surface area contributed by atoms with Gasteiger partial charge in [0.25, 0.3) is 0 Å². The monoisotopic (exact) mass is 535 g/mol. The molecule has 1 fully saturated rings. The molecular weight excluding hydrogens is 482 g/mol. The molecule has 0 aromatic carbocycles. The molecule has 2 heterocycles. The Balaban J connectivity index is 1.37. The molecule has 1 aliphatic rings. The summed E-state index contributed by atoms with van der Waals surface area (Å²) in [6.07, 6.45) is 25.8. The lowest BCUT2D eigenvalue weighted by atomic mass is 10.0. The van der Waals surface area contributed by atoms with E-state index in [1.807, 2.05) is 0 Å². The molecule has 1 saturated heterocycles. The maximum absolute atomic E-state index is 12.2. The van der Waals surface area contributed by atoms with Crippen LogP contribution in [0.2, 0.25) is 0 Å². The molecule has 2 N–H and O–H groups in total. The van der Waals surface area contributed by atoms with Crippen molar-refractivity contribution in [2.45, 2.75) is 148 Å². The van der Waals surface area contributed by atoms with Gasteiger partial charge in [-0.05, 0) is 12.5 Å². The van der Waals surface area contributed by atoms with Crippen molar-refractivity contribution in [1.29, 1.82) is 0 Å². The lowest BCUT2D eigenvalue weighted by molar-refractivity contribution is -0.116. The molecule has 1 aromatic rings. The van der Waals surface area contributed by atoms with Crippen molar-refractivity contribution in [2.24, 2.45) is 0 Å². The fourth-order valence-corrected chi connectivity index (χ4v) is 4.96. The highest BCUT2D eigenvalue weighted by atomic mass is 16.7. The Morgan fingerprint density at radius 2 is 1.39 bits per heavy atom. The second-order valence-corrected chi connectivity index (χ2v) is 10.7. The minimum atomic E-state index is -0.731. The zero-order chi connectivity index (χ0) is 27.3. The van der Waals surface area contributed by atoms with E-state index >= 15 is 0 Å². The Morgan fingerprint density at radius 1 is 0.895 bits per heavy atom. The van der Waals surface area contributed by atoms with E-state index in [-0.39, 0.29) is 24.9 Å². The standard InChI is InChI=1S/C30H53N3O5/c1-2-3-4-5-6-7-8-9-10-11-12-13-14-15-16-17-18-19-20-21-27(35)31-26-22-23-33(30(36)32-26)28-25-37-29(24-34)38-28/h22-23,28-29,34H,2-21,24-25H2,1H3,(H,31,32,35,36)/t28-,29-/m0/s1. The third kappa shape index (κ3) is 14.4. The molecule has 8 nitrogen and oxygen atoms in total. The van der Waals surface area contributed by atoms with Crippen LogP contribution in [0, 0.1) is 0 Å². The second kappa shape index (κ2) is 21.1. The van der Waals surface area contributed by atoms with Gasteiger partial charge in [0.1, 0.15) is 5.82 Å². The van der Waals surface area contributed by atoms with Crippen LogP contribution in [-0.4, -0.2) is 40.1 Å². The van der Waals surface area contributed by atoms with Crippen LogP contribution in [0.15, 0.2) is 17.1 Å². The van der Waals surface area contributed by atoms with E-state index in [0.29, 0.717) is 6.42 Å². The molecular formula is C30H53N3O5. The third-order valence-corrected chi connectivity index (χ3v) is 7.30. The van der Waals surface area contributed by atoms with Gasteiger partial charge in [0.15, 0.2) is 12.5 Å². The van der Waals surface area contributed by atoms with Gasteiger partial charge in [0.05, 0.1) is 13.2 Å². The number of nitrogens with one attached hydrogen (secondary N) is 1. The highest BCUT2D eigenvalue weighted by Crippen LogP contribution is 2.19. The molecule has 0 bridgehead atoms. The Hall–Kier alpha value is -1.77. The van der Waals surface area contributed by atoms with Crippen molar-refractivity contribution in [1.82, 2.24) is 9.55 Å². The molecule has 218 valence electrons. The van der Waals surface area contributed by atoms with Crippen LogP contribution in [0.4, 0.5) is 5.82 Å². The summed E-state index contributed by atoms with van der Waals surface area (Å²) in [6.45, 7) is 2.17. The van der Waals surface area contributed by atoms with Crippen LogP contribution in [0.25, 0.3) is 0 Å².